The van der Waals surface area contributed by atoms with Crippen molar-refractivity contribution in [1.82, 2.24) is 15.5 Å². The Labute approximate surface area is 143 Å². The number of likely N-dealkylation sites (tertiary alicyclic amines) is 1. The smallest absolute Gasteiger partial charge is 0.315 e. The Morgan fingerprint density at radius 2 is 1.88 bits per heavy atom. The van der Waals surface area contributed by atoms with Gasteiger partial charge in [-0.3, -0.25) is 4.79 Å². The molecule has 1 aromatic carbocycles. The van der Waals surface area contributed by atoms with Crippen molar-refractivity contribution in [2.75, 3.05) is 26.7 Å². The Bertz CT molecular complexity index is 540. The van der Waals surface area contributed by atoms with Gasteiger partial charge >= 0.3 is 6.03 Å². The third kappa shape index (κ3) is 6.10. The number of nitrogens with one attached hydrogen (secondary N) is 2. The summed E-state index contributed by atoms with van der Waals surface area (Å²) < 4.78 is 5.15. The summed E-state index contributed by atoms with van der Waals surface area (Å²) in [6.07, 6.45) is 4.93. The van der Waals surface area contributed by atoms with Gasteiger partial charge in [-0.15, -0.1) is 0 Å². The van der Waals surface area contributed by atoms with Crippen molar-refractivity contribution in [3.05, 3.63) is 29.8 Å². The van der Waals surface area contributed by atoms with Gasteiger partial charge in [-0.1, -0.05) is 25.0 Å². The first kappa shape index (κ1) is 18.1. The molecular weight excluding hydrogens is 306 g/mol. The summed E-state index contributed by atoms with van der Waals surface area (Å²) in [7, 11) is 1.61. The fourth-order valence-corrected chi connectivity index (χ4v) is 2.79. The van der Waals surface area contributed by atoms with Crippen molar-refractivity contribution in [2.45, 2.75) is 38.6 Å². The summed E-state index contributed by atoms with van der Waals surface area (Å²) in [5.74, 6) is 0.891. The van der Waals surface area contributed by atoms with Crippen LogP contribution in [0, 0.1) is 0 Å². The normalized spacial score (nSPS) is 14.6. The van der Waals surface area contributed by atoms with E-state index < -0.39 is 0 Å². The second-order valence-electron chi connectivity index (χ2n) is 6.01. The van der Waals surface area contributed by atoms with Gasteiger partial charge in [0.1, 0.15) is 5.75 Å². The van der Waals surface area contributed by atoms with Crippen LogP contribution < -0.4 is 15.4 Å². The van der Waals surface area contributed by atoms with Gasteiger partial charge < -0.3 is 20.3 Å². The zero-order chi connectivity index (χ0) is 17.2. The lowest BCUT2D eigenvalue weighted by Crippen LogP contribution is -2.38. The topological polar surface area (TPSA) is 70.7 Å². The lowest BCUT2D eigenvalue weighted by molar-refractivity contribution is -0.131. The van der Waals surface area contributed by atoms with Gasteiger partial charge in [-0.25, -0.2) is 4.79 Å². The number of rotatable bonds is 6. The number of nitrogens with zero attached hydrogens (tertiary/aromatic N) is 1. The summed E-state index contributed by atoms with van der Waals surface area (Å²) in [4.78, 5) is 25.8. The fraction of sp³-hybridized carbons (Fsp3) is 0.556. The molecule has 0 aromatic heterocycles. The molecule has 1 fully saturated rings. The Morgan fingerprint density at radius 1 is 1.12 bits per heavy atom. The molecule has 1 heterocycles. The molecule has 1 aromatic rings. The van der Waals surface area contributed by atoms with Crippen molar-refractivity contribution < 1.29 is 14.3 Å². The maximum atomic E-state index is 12.1. The van der Waals surface area contributed by atoms with Crippen molar-refractivity contribution in [3.63, 3.8) is 0 Å². The average Bonchev–Trinajstić information content (AvgIpc) is 2.89. The van der Waals surface area contributed by atoms with Crippen LogP contribution in [-0.2, 0) is 11.3 Å². The lowest BCUT2D eigenvalue weighted by atomic mass is 10.2. The van der Waals surface area contributed by atoms with Gasteiger partial charge in [0.25, 0.3) is 0 Å². The van der Waals surface area contributed by atoms with Crippen LogP contribution >= 0.6 is 0 Å². The molecule has 2 N–H and O–H groups in total. The number of amides is 3. The zero-order valence-corrected chi connectivity index (χ0v) is 14.3. The fourth-order valence-electron chi connectivity index (χ4n) is 2.79. The summed E-state index contributed by atoms with van der Waals surface area (Å²) in [5, 5.41) is 5.52. The molecule has 0 radical (unpaired) electrons. The molecule has 0 bridgehead atoms. The van der Waals surface area contributed by atoms with E-state index in [0.29, 0.717) is 19.5 Å². The first-order valence-corrected chi connectivity index (χ1v) is 8.61. The van der Waals surface area contributed by atoms with Crippen molar-refractivity contribution >= 4 is 11.9 Å². The van der Waals surface area contributed by atoms with E-state index in [-0.39, 0.29) is 11.9 Å². The van der Waals surface area contributed by atoms with Crippen LogP contribution in [0.25, 0.3) is 0 Å². The summed E-state index contributed by atoms with van der Waals surface area (Å²) >= 11 is 0. The highest BCUT2D eigenvalue weighted by molar-refractivity contribution is 5.78. The summed E-state index contributed by atoms with van der Waals surface area (Å²) in [6, 6.07) is 7.28. The van der Waals surface area contributed by atoms with E-state index >= 15 is 0 Å². The average molecular weight is 333 g/mol. The van der Waals surface area contributed by atoms with Gasteiger partial charge in [-0.2, -0.15) is 0 Å². The Morgan fingerprint density at radius 3 is 2.58 bits per heavy atom. The standard InChI is InChI=1S/C18H27N3O3/c1-24-16-8-6-7-15(13-16)14-20-18(23)19-10-9-17(22)21-11-4-2-3-5-12-21/h6-8,13H,2-5,9-12,14H2,1H3,(H2,19,20,23). The molecule has 0 aliphatic carbocycles. The molecular formula is C18H27N3O3. The first-order valence-electron chi connectivity index (χ1n) is 8.61. The molecule has 6 nitrogen and oxygen atoms in total. The number of hydrogen-bond donors (Lipinski definition) is 2. The van der Waals surface area contributed by atoms with Gasteiger partial charge in [0, 0.05) is 32.6 Å². The van der Waals surface area contributed by atoms with E-state index in [1.807, 2.05) is 29.2 Å². The highest BCUT2D eigenvalue weighted by Crippen LogP contribution is 2.12. The maximum Gasteiger partial charge on any atom is 0.315 e. The van der Waals surface area contributed by atoms with Gasteiger partial charge in [0.05, 0.1) is 7.11 Å². The highest BCUT2D eigenvalue weighted by Gasteiger charge is 2.15. The molecule has 0 unspecified atom stereocenters. The lowest BCUT2D eigenvalue weighted by Gasteiger charge is -2.20. The van der Waals surface area contributed by atoms with E-state index in [0.717, 1.165) is 37.2 Å². The third-order valence-electron chi connectivity index (χ3n) is 4.17. The van der Waals surface area contributed by atoms with Gasteiger partial charge in [0.15, 0.2) is 0 Å². The van der Waals surface area contributed by atoms with Crippen LogP contribution in [0.15, 0.2) is 24.3 Å². The Kier molecular flexibility index (Phi) is 7.39. The van der Waals surface area contributed by atoms with Gasteiger partial charge in [-0.05, 0) is 30.5 Å². The SMILES string of the molecule is COc1cccc(CNC(=O)NCCC(=O)N2CCCCCC2)c1. The Balaban J connectivity index is 1.64. The van der Waals surface area contributed by atoms with E-state index in [1.165, 1.54) is 12.8 Å². The molecule has 1 saturated heterocycles. The van der Waals surface area contributed by atoms with E-state index in [4.69, 9.17) is 4.74 Å². The molecule has 0 spiro atoms. The Hall–Kier alpha value is -2.24. The molecule has 1 aliphatic rings. The molecule has 24 heavy (non-hydrogen) atoms. The number of methoxy groups -OCH3 is 1. The van der Waals surface area contributed by atoms with Crippen LogP contribution in [0.4, 0.5) is 4.79 Å². The first-order chi connectivity index (χ1) is 11.7. The number of hydrogen-bond acceptors (Lipinski definition) is 3. The number of ether oxygens (including phenoxy) is 1. The minimum absolute atomic E-state index is 0.130. The van der Waals surface area contributed by atoms with E-state index in [1.54, 1.807) is 7.11 Å². The third-order valence-corrected chi connectivity index (χ3v) is 4.17. The van der Waals surface area contributed by atoms with Crippen molar-refractivity contribution in [1.29, 1.82) is 0 Å². The zero-order valence-electron chi connectivity index (χ0n) is 14.3. The predicted molar refractivity (Wildman–Crippen MR) is 92.9 cm³/mol. The summed E-state index contributed by atoms with van der Waals surface area (Å²) in [5.41, 5.74) is 0.963. The minimum atomic E-state index is -0.263. The maximum absolute atomic E-state index is 12.1. The van der Waals surface area contributed by atoms with Gasteiger partial charge in [0.2, 0.25) is 5.91 Å². The minimum Gasteiger partial charge on any atom is -0.497 e. The molecule has 0 atom stereocenters. The molecule has 3 amide bonds. The highest BCUT2D eigenvalue weighted by atomic mass is 16.5. The molecule has 132 valence electrons. The quantitative estimate of drug-likeness (QED) is 0.839. The van der Waals surface area contributed by atoms with Crippen LogP contribution in [-0.4, -0.2) is 43.6 Å². The van der Waals surface area contributed by atoms with E-state index in [9.17, 15) is 9.59 Å². The van der Waals surface area contributed by atoms with Crippen molar-refractivity contribution in [3.8, 4) is 5.75 Å². The number of carbonyl (C=O) groups excluding carboxylic acids is 2. The van der Waals surface area contributed by atoms with Crippen LogP contribution in [0.5, 0.6) is 5.75 Å². The van der Waals surface area contributed by atoms with Crippen LogP contribution in [0.3, 0.4) is 0 Å². The second-order valence-corrected chi connectivity index (χ2v) is 6.01. The van der Waals surface area contributed by atoms with Crippen LogP contribution in [0.1, 0.15) is 37.7 Å². The van der Waals surface area contributed by atoms with Crippen LogP contribution in [0.2, 0.25) is 0 Å². The van der Waals surface area contributed by atoms with E-state index in [2.05, 4.69) is 10.6 Å². The summed E-state index contributed by atoms with van der Waals surface area (Å²) in [6.45, 7) is 2.48. The monoisotopic (exact) mass is 333 g/mol. The molecule has 6 heteroatoms. The van der Waals surface area contributed by atoms with Crippen molar-refractivity contribution in [2.24, 2.45) is 0 Å². The second kappa shape index (κ2) is 9.80. The number of benzene rings is 1. The predicted octanol–water partition coefficient (Wildman–Crippen LogP) is 2.29. The molecule has 1 aliphatic heterocycles. The number of urea groups is 1. The number of carbonyl (C=O) groups is 2. The molecule has 2 rings (SSSR count). The largest absolute Gasteiger partial charge is 0.497 e. The molecule has 0 saturated carbocycles.